The highest BCUT2D eigenvalue weighted by atomic mass is 16.3. The molecule has 1 saturated heterocycles. The number of rotatable bonds is 4. The SMILES string of the molecule is O=C(/C=C\c1nc2ccccc2o1)Nc1ccccc1N1CCCC1. The minimum absolute atomic E-state index is 0.200. The van der Waals surface area contributed by atoms with Crippen LogP contribution in [0.4, 0.5) is 11.4 Å². The molecule has 126 valence electrons. The summed E-state index contributed by atoms with van der Waals surface area (Å²) in [6.45, 7) is 2.07. The fourth-order valence-corrected chi connectivity index (χ4v) is 3.10. The van der Waals surface area contributed by atoms with Crippen molar-refractivity contribution in [3.63, 3.8) is 0 Å². The number of aromatic nitrogens is 1. The number of anilines is 2. The van der Waals surface area contributed by atoms with E-state index in [1.807, 2.05) is 48.5 Å². The molecule has 3 aromatic rings. The number of para-hydroxylation sites is 4. The normalized spacial score (nSPS) is 14.5. The van der Waals surface area contributed by atoms with Crippen LogP contribution < -0.4 is 10.2 Å². The van der Waals surface area contributed by atoms with Crippen LogP contribution >= 0.6 is 0 Å². The van der Waals surface area contributed by atoms with E-state index in [1.54, 1.807) is 6.08 Å². The second kappa shape index (κ2) is 6.81. The number of nitrogens with one attached hydrogen (secondary N) is 1. The largest absolute Gasteiger partial charge is 0.437 e. The van der Waals surface area contributed by atoms with Gasteiger partial charge in [-0.25, -0.2) is 4.98 Å². The lowest BCUT2D eigenvalue weighted by atomic mass is 10.2. The second-order valence-electron chi connectivity index (χ2n) is 6.05. The van der Waals surface area contributed by atoms with Crippen molar-refractivity contribution in [1.82, 2.24) is 4.98 Å². The minimum Gasteiger partial charge on any atom is -0.437 e. The van der Waals surface area contributed by atoms with E-state index in [4.69, 9.17) is 4.42 Å². The number of hydrogen-bond acceptors (Lipinski definition) is 4. The zero-order valence-corrected chi connectivity index (χ0v) is 13.8. The van der Waals surface area contributed by atoms with Crippen molar-refractivity contribution in [3.8, 4) is 0 Å². The smallest absolute Gasteiger partial charge is 0.248 e. The Morgan fingerprint density at radius 2 is 1.84 bits per heavy atom. The molecule has 4 rings (SSSR count). The molecule has 0 unspecified atom stereocenters. The van der Waals surface area contributed by atoms with Crippen molar-refractivity contribution < 1.29 is 9.21 Å². The third-order valence-electron chi connectivity index (χ3n) is 4.30. The van der Waals surface area contributed by atoms with Crippen molar-refractivity contribution in [3.05, 3.63) is 60.5 Å². The first-order valence-corrected chi connectivity index (χ1v) is 8.48. The predicted octanol–water partition coefficient (Wildman–Crippen LogP) is 4.08. The first kappa shape index (κ1) is 15.4. The Morgan fingerprint density at radius 1 is 1.08 bits per heavy atom. The molecule has 1 fully saturated rings. The van der Waals surface area contributed by atoms with E-state index >= 15 is 0 Å². The molecule has 1 N–H and O–H groups in total. The maximum atomic E-state index is 12.3. The number of hydrogen-bond donors (Lipinski definition) is 1. The summed E-state index contributed by atoms with van der Waals surface area (Å²) in [6.07, 6.45) is 5.43. The molecule has 0 radical (unpaired) electrons. The topological polar surface area (TPSA) is 58.4 Å². The molecule has 1 aromatic heterocycles. The van der Waals surface area contributed by atoms with E-state index in [2.05, 4.69) is 15.2 Å². The molecule has 2 aromatic carbocycles. The number of amides is 1. The van der Waals surface area contributed by atoms with Gasteiger partial charge >= 0.3 is 0 Å². The van der Waals surface area contributed by atoms with E-state index in [9.17, 15) is 4.79 Å². The van der Waals surface area contributed by atoms with Crippen molar-refractivity contribution in [2.24, 2.45) is 0 Å². The monoisotopic (exact) mass is 333 g/mol. The van der Waals surface area contributed by atoms with Gasteiger partial charge in [0.25, 0.3) is 0 Å². The minimum atomic E-state index is -0.200. The van der Waals surface area contributed by atoms with Crippen molar-refractivity contribution in [1.29, 1.82) is 0 Å². The molecular weight excluding hydrogens is 314 g/mol. The van der Waals surface area contributed by atoms with Crippen molar-refractivity contribution in [2.45, 2.75) is 12.8 Å². The highest BCUT2D eigenvalue weighted by Crippen LogP contribution is 2.28. The summed E-state index contributed by atoms with van der Waals surface area (Å²) in [7, 11) is 0. The highest BCUT2D eigenvalue weighted by Gasteiger charge is 2.16. The van der Waals surface area contributed by atoms with Crippen LogP contribution in [0, 0.1) is 0 Å². The van der Waals surface area contributed by atoms with Gasteiger partial charge in [-0.2, -0.15) is 0 Å². The summed E-state index contributed by atoms with van der Waals surface area (Å²) >= 11 is 0. The van der Waals surface area contributed by atoms with E-state index in [0.29, 0.717) is 11.5 Å². The summed E-state index contributed by atoms with van der Waals surface area (Å²) in [5.74, 6) is 0.220. The number of carbonyl (C=O) groups is 1. The van der Waals surface area contributed by atoms with Gasteiger partial charge in [0.05, 0.1) is 11.4 Å². The molecule has 25 heavy (non-hydrogen) atoms. The third-order valence-corrected chi connectivity index (χ3v) is 4.30. The molecule has 0 atom stereocenters. The lowest BCUT2D eigenvalue weighted by Crippen LogP contribution is -2.20. The van der Waals surface area contributed by atoms with Gasteiger partial charge in [-0.3, -0.25) is 4.79 Å². The van der Waals surface area contributed by atoms with E-state index in [-0.39, 0.29) is 5.91 Å². The molecule has 5 nitrogen and oxygen atoms in total. The Bertz CT molecular complexity index is 890. The Balaban J connectivity index is 1.48. The molecule has 1 aliphatic heterocycles. The number of carbonyl (C=O) groups excluding carboxylic acids is 1. The van der Waals surface area contributed by atoms with Gasteiger partial charge in [0.15, 0.2) is 5.58 Å². The molecule has 0 spiro atoms. The zero-order chi connectivity index (χ0) is 17.1. The van der Waals surface area contributed by atoms with Gasteiger partial charge in [-0.05, 0) is 37.1 Å². The number of benzene rings is 2. The zero-order valence-electron chi connectivity index (χ0n) is 13.8. The van der Waals surface area contributed by atoms with E-state index < -0.39 is 0 Å². The summed E-state index contributed by atoms with van der Waals surface area (Å²) < 4.78 is 5.59. The molecule has 0 aliphatic carbocycles. The fraction of sp³-hybridized carbons (Fsp3) is 0.200. The van der Waals surface area contributed by atoms with Crippen LogP contribution in [0.25, 0.3) is 17.2 Å². The number of fused-ring (bicyclic) bond motifs is 1. The Morgan fingerprint density at radius 3 is 2.68 bits per heavy atom. The van der Waals surface area contributed by atoms with Gasteiger partial charge in [0, 0.05) is 25.2 Å². The first-order valence-electron chi connectivity index (χ1n) is 8.48. The van der Waals surface area contributed by atoms with Crippen LogP contribution in [0.2, 0.25) is 0 Å². The average molecular weight is 333 g/mol. The van der Waals surface area contributed by atoms with Crippen LogP contribution in [-0.4, -0.2) is 24.0 Å². The van der Waals surface area contributed by atoms with Crippen LogP contribution in [0.1, 0.15) is 18.7 Å². The standard InChI is InChI=1S/C20H19N3O2/c24-19(11-12-20-22-16-8-2-4-10-18(16)25-20)21-15-7-1-3-9-17(15)23-13-5-6-14-23/h1-4,7-12H,5-6,13-14H2,(H,21,24)/b12-11-. The highest BCUT2D eigenvalue weighted by molar-refractivity contribution is 6.03. The summed E-state index contributed by atoms with van der Waals surface area (Å²) in [4.78, 5) is 18.9. The maximum Gasteiger partial charge on any atom is 0.248 e. The molecule has 0 saturated carbocycles. The average Bonchev–Trinajstić information content (AvgIpc) is 3.30. The molecule has 0 bridgehead atoms. The first-order chi connectivity index (χ1) is 12.3. The molecular formula is C20H19N3O2. The molecule has 5 heteroatoms. The van der Waals surface area contributed by atoms with Gasteiger partial charge in [0.2, 0.25) is 11.8 Å². The van der Waals surface area contributed by atoms with E-state index in [0.717, 1.165) is 30.0 Å². The van der Waals surface area contributed by atoms with Gasteiger partial charge < -0.3 is 14.6 Å². The fourth-order valence-electron chi connectivity index (χ4n) is 3.10. The van der Waals surface area contributed by atoms with Crippen LogP contribution in [0.15, 0.2) is 59.0 Å². The molecule has 2 heterocycles. The Labute approximate surface area is 146 Å². The van der Waals surface area contributed by atoms with Crippen molar-refractivity contribution >= 4 is 34.5 Å². The molecule has 1 aliphatic rings. The van der Waals surface area contributed by atoms with Crippen LogP contribution in [0.5, 0.6) is 0 Å². The number of oxazole rings is 1. The van der Waals surface area contributed by atoms with Gasteiger partial charge in [-0.15, -0.1) is 0 Å². The summed E-state index contributed by atoms with van der Waals surface area (Å²) in [5.41, 5.74) is 3.39. The van der Waals surface area contributed by atoms with Crippen molar-refractivity contribution in [2.75, 3.05) is 23.3 Å². The van der Waals surface area contributed by atoms with Crippen LogP contribution in [0.3, 0.4) is 0 Å². The molecule has 1 amide bonds. The lowest BCUT2D eigenvalue weighted by molar-refractivity contribution is -0.111. The second-order valence-corrected chi connectivity index (χ2v) is 6.05. The predicted molar refractivity (Wildman–Crippen MR) is 99.6 cm³/mol. The summed E-state index contributed by atoms with van der Waals surface area (Å²) in [6, 6.07) is 15.4. The number of nitrogens with zero attached hydrogens (tertiary/aromatic N) is 2. The lowest BCUT2D eigenvalue weighted by Gasteiger charge is -2.21. The Hall–Kier alpha value is -3.08. The third kappa shape index (κ3) is 3.40. The van der Waals surface area contributed by atoms with Gasteiger partial charge in [-0.1, -0.05) is 24.3 Å². The quantitative estimate of drug-likeness (QED) is 0.731. The van der Waals surface area contributed by atoms with Gasteiger partial charge in [0.1, 0.15) is 5.52 Å². The Kier molecular flexibility index (Phi) is 4.21. The summed E-state index contributed by atoms with van der Waals surface area (Å²) in [5, 5.41) is 2.95. The van der Waals surface area contributed by atoms with Crippen LogP contribution in [-0.2, 0) is 4.79 Å². The van der Waals surface area contributed by atoms with E-state index in [1.165, 1.54) is 18.9 Å². The maximum absolute atomic E-state index is 12.3.